The number of halogens is 2. The van der Waals surface area contributed by atoms with Gasteiger partial charge in [-0.15, -0.1) is 0 Å². The van der Waals surface area contributed by atoms with E-state index in [1.165, 1.54) is 6.33 Å². The molecule has 14 heavy (non-hydrogen) atoms. The van der Waals surface area contributed by atoms with Crippen molar-refractivity contribution in [3.05, 3.63) is 25.4 Å². The van der Waals surface area contributed by atoms with Gasteiger partial charge in [0.05, 0.1) is 6.33 Å². The minimum absolute atomic E-state index is 0.0401. The first kappa shape index (κ1) is 12.0. The van der Waals surface area contributed by atoms with Crippen molar-refractivity contribution in [3.8, 4) is 0 Å². The predicted octanol–water partition coefficient (Wildman–Crippen LogP) is 2.69. The zero-order chi connectivity index (χ0) is 10.6. The van der Waals surface area contributed by atoms with Crippen LogP contribution in [0.4, 0.5) is 0 Å². The van der Waals surface area contributed by atoms with E-state index < -0.39 is 0 Å². The van der Waals surface area contributed by atoms with Gasteiger partial charge in [-0.25, -0.2) is 4.98 Å². The summed E-state index contributed by atoms with van der Waals surface area (Å²) in [5.41, 5.74) is -0.0401. The van der Waals surface area contributed by atoms with Crippen molar-refractivity contribution in [1.29, 1.82) is 0 Å². The van der Waals surface area contributed by atoms with Crippen molar-refractivity contribution in [2.45, 2.75) is 32.7 Å². The molecule has 0 aliphatic rings. The van der Waals surface area contributed by atoms with Crippen LogP contribution in [0.15, 0.2) is 11.1 Å². The Morgan fingerprint density at radius 3 is 2.93 bits per heavy atom. The lowest BCUT2D eigenvalue weighted by Gasteiger charge is -2.04. The van der Waals surface area contributed by atoms with Crippen molar-refractivity contribution < 1.29 is 0 Å². The molecule has 0 unspecified atom stereocenters. The van der Waals surface area contributed by atoms with Gasteiger partial charge in [-0.05, 0) is 29.0 Å². The molecule has 1 aromatic rings. The second kappa shape index (κ2) is 5.70. The Morgan fingerprint density at radius 2 is 2.29 bits per heavy atom. The summed E-state index contributed by atoms with van der Waals surface area (Å²) in [6, 6.07) is 0. The fourth-order valence-corrected chi connectivity index (χ4v) is 1.71. The molecule has 5 heteroatoms. The molecule has 0 saturated carbocycles. The van der Waals surface area contributed by atoms with Gasteiger partial charge in [0.2, 0.25) is 0 Å². The van der Waals surface area contributed by atoms with Crippen LogP contribution < -0.4 is 5.56 Å². The predicted molar refractivity (Wildman–Crippen MR) is 65.7 cm³/mol. The zero-order valence-corrected chi connectivity index (χ0v) is 10.9. The van der Waals surface area contributed by atoms with Crippen LogP contribution in [0.5, 0.6) is 0 Å². The van der Waals surface area contributed by atoms with E-state index >= 15 is 0 Å². The molecule has 1 heterocycles. The van der Waals surface area contributed by atoms with Gasteiger partial charge < -0.3 is 0 Å². The first-order chi connectivity index (χ1) is 6.66. The van der Waals surface area contributed by atoms with Gasteiger partial charge in [-0.1, -0.05) is 31.4 Å². The van der Waals surface area contributed by atoms with Crippen LogP contribution in [0, 0.1) is 3.57 Å². The molecule has 0 aliphatic heterocycles. The number of aryl methyl sites for hydroxylation is 1. The van der Waals surface area contributed by atoms with Crippen molar-refractivity contribution >= 4 is 34.2 Å². The topological polar surface area (TPSA) is 34.9 Å². The largest absolute Gasteiger partial charge is 0.298 e. The van der Waals surface area contributed by atoms with Gasteiger partial charge in [0.25, 0.3) is 5.56 Å². The lowest BCUT2D eigenvalue weighted by molar-refractivity contribution is 0.577. The standard InChI is InChI=1S/C9H12ClIN2O/c1-2-3-4-5-13-6-12-8(10)7(11)9(13)14/h6H,2-5H2,1H3. The zero-order valence-electron chi connectivity index (χ0n) is 7.96. The molecule has 0 aliphatic carbocycles. The Morgan fingerprint density at radius 1 is 1.57 bits per heavy atom. The van der Waals surface area contributed by atoms with E-state index in [2.05, 4.69) is 11.9 Å². The summed E-state index contributed by atoms with van der Waals surface area (Å²) in [6.07, 6.45) is 4.80. The van der Waals surface area contributed by atoms with Crippen molar-refractivity contribution in [2.24, 2.45) is 0 Å². The van der Waals surface area contributed by atoms with Crippen LogP contribution in [0.3, 0.4) is 0 Å². The van der Waals surface area contributed by atoms with Gasteiger partial charge in [-0.2, -0.15) is 0 Å². The molecular formula is C9H12ClIN2O. The minimum atomic E-state index is -0.0401. The van der Waals surface area contributed by atoms with Gasteiger partial charge in [0.15, 0.2) is 0 Å². The molecule has 0 N–H and O–H groups in total. The quantitative estimate of drug-likeness (QED) is 0.484. The van der Waals surface area contributed by atoms with Crippen molar-refractivity contribution in [1.82, 2.24) is 9.55 Å². The molecule has 0 aromatic carbocycles. The Hall–Kier alpha value is -0.100. The fourth-order valence-electron chi connectivity index (χ4n) is 1.14. The first-order valence-corrected chi connectivity index (χ1v) is 6.03. The molecule has 0 radical (unpaired) electrons. The molecule has 0 amide bonds. The van der Waals surface area contributed by atoms with Crippen LogP contribution in [-0.4, -0.2) is 9.55 Å². The van der Waals surface area contributed by atoms with E-state index in [9.17, 15) is 4.79 Å². The monoisotopic (exact) mass is 326 g/mol. The molecular weight excluding hydrogens is 314 g/mol. The molecule has 1 rings (SSSR count). The van der Waals surface area contributed by atoms with Gasteiger partial charge >= 0.3 is 0 Å². The van der Waals surface area contributed by atoms with Gasteiger partial charge in [0.1, 0.15) is 8.72 Å². The van der Waals surface area contributed by atoms with Crippen LogP contribution in [0.25, 0.3) is 0 Å². The summed E-state index contributed by atoms with van der Waals surface area (Å²) in [5, 5.41) is 0.294. The fraction of sp³-hybridized carbons (Fsp3) is 0.556. The first-order valence-electron chi connectivity index (χ1n) is 4.57. The number of unbranched alkanes of at least 4 members (excludes halogenated alkanes) is 2. The number of rotatable bonds is 4. The molecule has 0 fully saturated rings. The summed E-state index contributed by atoms with van der Waals surface area (Å²) in [5.74, 6) is 0. The molecule has 1 aromatic heterocycles. The molecule has 3 nitrogen and oxygen atoms in total. The lowest BCUT2D eigenvalue weighted by atomic mass is 10.2. The summed E-state index contributed by atoms with van der Waals surface area (Å²) in [4.78, 5) is 15.6. The summed E-state index contributed by atoms with van der Waals surface area (Å²) < 4.78 is 2.12. The Labute approximate surface area is 102 Å². The smallest absolute Gasteiger partial charge is 0.268 e. The van der Waals surface area contributed by atoms with E-state index in [0.717, 1.165) is 25.8 Å². The minimum Gasteiger partial charge on any atom is -0.298 e. The lowest BCUT2D eigenvalue weighted by Crippen LogP contribution is -2.23. The highest BCUT2D eigenvalue weighted by Crippen LogP contribution is 2.09. The highest BCUT2D eigenvalue weighted by Gasteiger charge is 2.05. The normalized spacial score (nSPS) is 10.5. The number of nitrogens with zero attached hydrogens (tertiary/aromatic N) is 2. The highest BCUT2D eigenvalue weighted by atomic mass is 127. The summed E-state index contributed by atoms with van der Waals surface area (Å²) in [7, 11) is 0. The Kier molecular flexibility index (Phi) is 4.88. The third-order valence-corrected chi connectivity index (χ3v) is 3.52. The maximum atomic E-state index is 11.6. The van der Waals surface area contributed by atoms with E-state index in [4.69, 9.17) is 11.6 Å². The van der Waals surface area contributed by atoms with Gasteiger partial charge in [-0.3, -0.25) is 9.36 Å². The van der Waals surface area contributed by atoms with Crippen LogP contribution >= 0.6 is 34.2 Å². The molecule has 78 valence electrons. The van der Waals surface area contributed by atoms with Crippen molar-refractivity contribution in [3.63, 3.8) is 0 Å². The average Bonchev–Trinajstić information content (AvgIpc) is 2.18. The van der Waals surface area contributed by atoms with Crippen LogP contribution in [-0.2, 0) is 6.54 Å². The SMILES string of the molecule is CCCCCn1cnc(Cl)c(I)c1=O. The van der Waals surface area contributed by atoms with E-state index in [0.29, 0.717) is 8.72 Å². The molecule has 0 spiro atoms. The van der Waals surface area contributed by atoms with Crippen molar-refractivity contribution in [2.75, 3.05) is 0 Å². The maximum Gasteiger partial charge on any atom is 0.268 e. The van der Waals surface area contributed by atoms with Crippen LogP contribution in [0.2, 0.25) is 5.15 Å². The number of hydrogen-bond acceptors (Lipinski definition) is 2. The van der Waals surface area contributed by atoms with E-state index in [1.807, 2.05) is 22.6 Å². The maximum absolute atomic E-state index is 11.6. The highest BCUT2D eigenvalue weighted by molar-refractivity contribution is 14.1. The van der Waals surface area contributed by atoms with Crippen LogP contribution in [0.1, 0.15) is 26.2 Å². The third kappa shape index (κ3) is 2.95. The molecule has 0 bridgehead atoms. The number of hydrogen-bond donors (Lipinski definition) is 0. The second-order valence-corrected chi connectivity index (χ2v) is 4.49. The number of aromatic nitrogens is 2. The summed E-state index contributed by atoms with van der Waals surface area (Å²) >= 11 is 7.64. The summed E-state index contributed by atoms with van der Waals surface area (Å²) in [6.45, 7) is 2.86. The average molecular weight is 327 g/mol. The molecule has 0 saturated heterocycles. The van der Waals surface area contributed by atoms with Gasteiger partial charge in [0, 0.05) is 6.54 Å². The second-order valence-electron chi connectivity index (χ2n) is 3.06. The third-order valence-electron chi connectivity index (χ3n) is 1.94. The van der Waals surface area contributed by atoms with E-state index in [-0.39, 0.29) is 5.56 Å². The van der Waals surface area contributed by atoms with E-state index in [1.54, 1.807) is 4.57 Å². The molecule has 0 atom stereocenters. The Bertz CT molecular complexity index is 364. The Balaban J connectivity index is 2.79.